The lowest BCUT2D eigenvalue weighted by atomic mass is 9.78. The van der Waals surface area contributed by atoms with Gasteiger partial charge in [-0.25, -0.2) is 4.68 Å². The molecule has 2 N–H and O–H groups in total. The van der Waals surface area contributed by atoms with Gasteiger partial charge >= 0.3 is 0 Å². The largest absolute Gasteiger partial charge is 0.497 e. The van der Waals surface area contributed by atoms with Gasteiger partial charge in [0, 0.05) is 28.4 Å². The fourth-order valence-electron chi connectivity index (χ4n) is 5.13. The van der Waals surface area contributed by atoms with Crippen LogP contribution in [0.2, 0.25) is 0 Å². The summed E-state index contributed by atoms with van der Waals surface area (Å²) in [6, 6.07) is 12.5. The Morgan fingerprint density at radius 2 is 1.90 bits per heavy atom. The molecule has 0 saturated carbocycles. The third kappa shape index (κ3) is 2.86. The van der Waals surface area contributed by atoms with E-state index in [4.69, 9.17) is 9.84 Å². The number of rotatable bonds is 3. The molecule has 6 rings (SSSR count). The van der Waals surface area contributed by atoms with Crippen molar-refractivity contribution in [3.05, 3.63) is 71.2 Å². The van der Waals surface area contributed by atoms with Gasteiger partial charge in [0.25, 0.3) is 0 Å². The maximum absolute atomic E-state index is 5.29. The number of ether oxygens (including phenoxy) is 1. The zero-order valence-electron chi connectivity index (χ0n) is 17.8. The molecule has 4 aromatic rings. The van der Waals surface area contributed by atoms with Crippen molar-refractivity contribution < 1.29 is 4.74 Å². The molecule has 31 heavy (non-hydrogen) atoms. The molecule has 0 amide bonds. The standard InChI is InChI=1S/C25H25N5O/c1-15-21(14-30(29-15)16-7-9-17(31-2)10-8-16)25-19-6-4-3-5-18(19)24-20-13-26-28-22(20)11-12-23(24)27-25/h7-14,25,27H,3-6H2,1-2H3,(H,26,28). The Kier molecular flexibility index (Phi) is 4.13. The zero-order valence-corrected chi connectivity index (χ0v) is 17.8. The van der Waals surface area contributed by atoms with Crippen LogP contribution in [0.15, 0.2) is 54.4 Å². The van der Waals surface area contributed by atoms with E-state index < -0.39 is 0 Å². The maximum Gasteiger partial charge on any atom is 0.119 e. The van der Waals surface area contributed by atoms with E-state index >= 15 is 0 Å². The highest BCUT2D eigenvalue weighted by molar-refractivity contribution is 6.00. The van der Waals surface area contributed by atoms with Gasteiger partial charge in [-0.05, 0) is 80.2 Å². The van der Waals surface area contributed by atoms with Crippen LogP contribution in [0, 0.1) is 6.92 Å². The molecule has 1 unspecified atom stereocenters. The Labute approximate surface area is 180 Å². The van der Waals surface area contributed by atoms with Crippen LogP contribution in [-0.4, -0.2) is 27.1 Å². The van der Waals surface area contributed by atoms with Gasteiger partial charge in [0.15, 0.2) is 0 Å². The van der Waals surface area contributed by atoms with E-state index in [9.17, 15) is 0 Å². The van der Waals surface area contributed by atoms with E-state index in [1.54, 1.807) is 7.11 Å². The highest BCUT2D eigenvalue weighted by atomic mass is 16.5. The molecule has 3 heterocycles. The van der Waals surface area contributed by atoms with Crippen LogP contribution in [0.3, 0.4) is 0 Å². The van der Waals surface area contributed by atoms with Crippen molar-refractivity contribution in [3.63, 3.8) is 0 Å². The summed E-state index contributed by atoms with van der Waals surface area (Å²) in [5, 5.41) is 17.3. The lowest BCUT2D eigenvalue weighted by molar-refractivity contribution is 0.414. The third-order valence-corrected chi connectivity index (χ3v) is 6.67. The molecular formula is C25H25N5O. The number of aromatic amines is 1. The first kappa shape index (κ1) is 18.2. The van der Waals surface area contributed by atoms with Crippen LogP contribution in [0.4, 0.5) is 5.69 Å². The van der Waals surface area contributed by atoms with E-state index in [0.717, 1.165) is 35.5 Å². The topological polar surface area (TPSA) is 67.8 Å². The SMILES string of the molecule is COc1ccc(-n2cc(C3Nc4ccc5[nH]ncc5c4C4=C3CCCC4)c(C)n2)cc1. The Balaban J connectivity index is 1.46. The molecular weight excluding hydrogens is 386 g/mol. The zero-order chi connectivity index (χ0) is 20.9. The summed E-state index contributed by atoms with van der Waals surface area (Å²) in [6.07, 6.45) is 8.85. The summed E-state index contributed by atoms with van der Waals surface area (Å²) >= 11 is 0. The molecule has 0 spiro atoms. The number of allylic oxidation sites excluding steroid dienone is 1. The van der Waals surface area contributed by atoms with Crippen molar-refractivity contribution in [2.75, 3.05) is 12.4 Å². The highest BCUT2D eigenvalue weighted by Crippen LogP contribution is 2.49. The number of hydrogen-bond acceptors (Lipinski definition) is 4. The average Bonchev–Trinajstić information content (AvgIpc) is 3.45. The molecule has 0 saturated heterocycles. The second-order valence-electron chi connectivity index (χ2n) is 8.42. The number of anilines is 1. The lowest BCUT2D eigenvalue weighted by Gasteiger charge is -2.35. The number of H-pyrrole nitrogens is 1. The smallest absolute Gasteiger partial charge is 0.119 e. The molecule has 2 aliphatic rings. The van der Waals surface area contributed by atoms with Crippen LogP contribution in [0.5, 0.6) is 5.75 Å². The number of methoxy groups -OCH3 is 1. The number of fused-ring (bicyclic) bond motifs is 4. The molecule has 6 heteroatoms. The number of nitrogens with zero attached hydrogens (tertiary/aromatic N) is 3. The van der Waals surface area contributed by atoms with Gasteiger partial charge in [-0.15, -0.1) is 0 Å². The van der Waals surface area contributed by atoms with E-state index in [1.165, 1.54) is 46.2 Å². The molecule has 0 radical (unpaired) electrons. The number of nitrogens with one attached hydrogen (secondary N) is 2. The summed E-state index contributed by atoms with van der Waals surface area (Å²) in [5.41, 5.74) is 9.94. The summed E-state index contributed by atoms with van der Waals surface area (Å²) in [6.45, 7) is 2.11. The molecule has 1 atom stereocenters. The van der Waals surface area contributed by atoms with Gasteiger partial charge in [0.2, 0.25) is 0 Å². The van der Waals surface area contributed by atoms with Crippen molar-refractivity contribution in [3.8, 4) is 11.4 Å². The van der Waals surface area contributed by atoms with Crippen LogP contribution in [0.1, 0.15) is 48.5 Å². The Morgan fingerprint density at radius 1 is 1.06 bits per heavy atom. The van der Waals surface area contributed by atoms with E-state index in [-0.39, 0.29) is 6.04 Å². The van der Waals surface area contributed by atoms with E-state index in [2.05, 4.69) is 40.8 Å². The normalized spacial score (nSPS) is 17.9. The molecule has 1 aliphatic carbocycles. The highest BCUT2D eigenvalue weighted by Gasteiger charge is 2.32. The Bertz CT molecular complexity index is 1310. The number of aromatic nitrogens is 4. The quantitative estimate of drug-likeness (QED) is 0.463. The third-order valence-electron chi connectivity index (χ3n) is 6.67. The van der Waals surface area contributed by atoms with Crippen molar-refractivity contribution >= 4 is 22.2 Å². The molecule has 0 fully saturated rings. The van der Waals surface area contributed by atoms with Crippen LogP contribution >= 0.6 is 0 Å². The van der Waals surface area contributed by atoms with Crippen molar-refractivity contribution in [1.82, 2.24) is 20.0 Å². The minimum atomic E-state index is 0.152. The Hall–Kier alpha value is -3.54. The summed E-state index contributed by atoms with van der Waals surface area (Å²) in [7, 11) is 1.69. The summed E-state index contributed by atoms with van der Waals surface area (Å²) in [5.74, 6) is 0.848. The van der Waals surface area contributed by atoms with Crippen molar-refractivity contribution in [1.29, 1.82) is 0 Å². The van der Waals surface area contributed by atoms with Gasteiger partial charge in [0.05, 0.1) is 36.2 Å². The number of benzene rings is 2. The van der Waals surface area contributed by atoms with Gasteiger partial charge in [-0.1, -0.05) is 0 Å². The average molecular weight is 412 g/mol. The summed E-state index contributed by atoms with van der Waals surface area (Å²) < 4.78 is 7.27. The number of hydrogen-bond donors (Lipinski definition) is 2. The molecule has 156 valence electrons. The van der Waals surface area contributed by atoms with Crippen LogP contribution < -0.4 is 10.1 Å². The second-order valence-corrected chi connectivity index (χ2v) is 8.42. The predicted molar refractivity (Wildman–Crippen MR) is 123 cm³/mol. The molecule has 2 aromatic carbocycles. The molecule has 0 bridgehead atoms. The first-order chi connectivity index (χ1) is 15.2. The van der Waals surface area contributed by atoms with Gasteiger partial charge < -0.3 is 10.1 Å². The van der Waals surface area contributed by atoms with Crippen molar-refractivity contribution in [2.24, 2.45) is 0 Å². The first-order valence-corrected chi connectivity index (χ1v) is 10.9. The lowest BCUT2D eigenvalue weighted by Crippen LogP contribution is -2.22. The minimum absolute atomic E-state index is 0.152. The van der Waals surface area contributed by atoms with Crippen LogP contribution in [0.25, 0.3) is 22.2 Å². The molecule has 1 aliphatic heterocycles. The van der Waals surface area contributed by atoms with E-state index in [1.807, 2.05) is 35.1 Å². The minimum Gasteiger partial charge on any atom is -0.497 e. The Morgan fingerprint density at radius 3 is 2.74 bits per heavy atom. The fraction of sp³-hybridized carbons (Fsp3) is 0.280. The van der Waals surface area contributed by atoms with Crippen molar-refractivity contribution in [2.45, 2.75) is 38.6 Å². The van der Waals surface area contributed by atoms with E-state index in [0.29, 0.717) is 0 Å². The maximum atomic E-state index is 5.29. The fourth-order valence-corrected chi connectivity index (χ4v) is 5.13. The van der Waals surface area contributed by atoms with Gasteiger partial charge in [-0.2, -0.15) is 10.2 Å². The molecule has 6 nitrogen and oxygen atoms in total. The van der Waals surface area contributed by atoms with Gasteiger partial charge in [-0.3, -0.25) is 5.10 Å². The van der Waals surface area contributed by atoms with Gasteiger partial charge in [0.1, 0.15) is 5.75 Å². The monoisotopic (exact) mass is 411 g/mol. The molecule has 2 aromatic heterocycles. The van der Waals surface area contributed by atoms with Crippen LogP contribution in [-0.2, 0) is 0 Å². The second kappa shape index (κ2) is 7.01. The first-order valence-electron chi connectivity index (χ1n) is 10.9. The summed E-state index contributed by atoms with van der Waals surface area (Å²) in [4.78, 5) is 0. The predicted octanol–water partition coefficient (Wildman–Crippen LogP) is 5.56. The number of aryl methyl sites for hydroxylation is 1.